The summed E-state index contributed by atoms with van der Waals surface area (Å²) in [4.78, 5) is 0.251. The fourth-order valence-electron chi connectivity index (χ4n) is 2.11. The van der Waals surface area contributed by atoms with E-state index in [1.54, 1.807) is 18.2 Å². The molecule has 2 rings (SSSR count). The van der Waals surface area contributed by atoms with E-state index in [-0.39, 0.29) is 23.1 Å². The maximum atomic E-state index is 11.5. The molecule has 106 valence electrons. The molecule has 0 spiro atoms. The van der Waals surface area contributed by atoms with Gasteiger partial charge in [-0.1, -0.05) is 6.07 Å². The second-order valence-electron chi connectivity index (χ2n) is 4.72. The molecular weight excluding hydrogens is 266 g/mol. The predicted octanol–water partition coefficient (Wildman–Crippen LogP) is 0.974. The number of benzene rings is 1. The molecule has 0 aliphatic heterocycles. The average molecular weight is 285 g/mol. The Hall–Kier alpha value is -1.11. The van der Waals surface area contributed by atoms with Crippen molar-refractivity contribution in [3.8, 4) is 5.75 Å². The van der Waals surface area contributed by atoms with Gasteiger partial charge in [-0.15, -0.1) is 0 Å². The highest BCUT2D eigenvalue weighted by Crippen LogP contribution is 2.28. The van der Waals surface area contributed by atoms with Gasteiger partial charge >= 0.3 is 0 Å². The van der Waals surface area contributed by atoms with E-state index in [2.05, 4.69) is 0 Å². The van der Waals surface area contributed by atoms with Crippen molar-refractivity contribution in [3.63, 3.8) is 0 Å². The predicted molar refractivity (Wildman–Crippen MR) is 72.0 cm³/mol. The van der Waals surface area contributed by atoms with E-state index < -0.39 is 9.84 Å². The van der Waals surface area contributed by atoms with Gasteiger partial charge in [0.15, 0.2) is 9.84 Å². The molecule has 1 aliphatic rings. The third kappa shape index (κ3) is 3.26. The molecule has 1 fully saturated rings. The summed E-state index contributed by atoms with van der Waals surface area (Å²) in [7, 11) is -3.22. The summed E-state index contributed by atoms with van der Waals surface area (Å²) in [6.45, 7) is 2.49. The van der Waals surface area contributed by atoms with Gasteiger partial charge in [-0.3, -0.25) is 0 Å². The van der Waals surface area contributed by atoms with Gasteiger partial charge in [-0.25, -0.2) is 8.42 Å². The van der Waals surface area contributed by atoms with Crippen LogP contribution < -0.4 is 10.5 Å². The Morgan fingerprint density at radius 1 is 1.42 bits per heavy atom. The summed E-state index contributed by atoms with van der Waals surface area (Å²) in [5.74, 6) is 0.532. The molecule has 2 N–H and O–H groups in total. The lowest BCUT2D eigenvalue weighted by Crippen LogP contribution is -2.59. The standard InChI is InChI=1S/C13H19NO4S/c1-3-17-13-11(14)8-12(13)18-9-5-4-6-10(7-9)19(2,15)16/h4-7,11-13H,3,8,14H2,1-2H3. The first-order valence-corrected chi connectivity index (χ1v) is 8.15. The molecule has 0 amide bonds. The molecule has 1 saturated carbocycles. The van der Waals surface area contributed by atoms with Crippen LogP contribution in [0.3, 0.4) is 0 Å². The van der Waals surface area contributed by atoms with Gasteiger partial charge in [0.2, 0.25) is 0 Å². The van der Waals surface area contributed by atoms with Crippen LogP contribution in [-0.2, 0) is 14.6 Å². The van der Waals surface area contributed by atoms with Gasteiger partial charge < -0.3 is 15.2 Å². The Morgan fingerprint density at radius 2 is 2.16 bits per heavy atom. The Morgan fingerprint density at radius 3 is 2.74 bits per heavy atom. The summed E-state index contributed by atoms with van der Waals surface area (Å²) in [5, 5.41) is 0. The summed E-state index contributed by atoms with van der Waals surface area (Å²) >= 11 is 0. The third-order valence-corrected chi connectivity index (χ3v) is 4.28. The lowest BCUT2D eigenvalue weighted by atomic mass is 9.86. The van der Waals surface area contributed by atoms with Crippen LogP contribution >= 0.6 is 0 Å². The molecule has 0 aromatic heterocycles. The molecule has 3 unspecified atom stereocenters. The highest BCUT2D eigenvalue weighted by Gasteiger charge is 2.41. The van der Waals surface area contributed by atoms with Gasteiger partial charge in [-0.2, -0.15) is 0 Å². The Bertz CT molecular complexity index is 543. The highest BCUT2D eigenvalue weighted by atomic mass is 32.2. The van der Waals surface area contributed by atoms with Gasteiger partial charge in [0, 0.05) is 25.3 Å². The number of sulfone groups is 1. The molecule has 3 atom stereocenters. The third-order valence-electron chi connectivity index (χ3n) is 3.17. The van der Waals surface area contributed by atoms with Crippen LogP contribution in [0.5, 0.6) is 5.75 Å². The molecule has 0 radical (unpaired) electrons. The minimum absolute atomic E-state index is 0.0111. The van der Waals surface area contributed by atoms with Crippen molar-refractivity contribution in [1.29, 1.82) is 0 Å². The first-order valence-electron chi connectivity index (χ1n) is 6.25. The molecule has 5 nitrogen and oxygen atoms in total. The Balaban J connectivity index is 2.08. The van der Waals surface area contributed by atoms with Crippen molar-refractivity contribution in [1.82, 2.24) is 0 Å². The minimum atomic E-state index is -3.22. The first-order chi connectivity index (χ1) is 8.91. The number of nitrogens with two attached hydrogens (primary N) is 1. The molecule has 6 heteroatoms. The van der Waals surface area contributed by atoms with Crippen molar-refractivity contribution in [3.05, 3.63) is 24.3 Å². The fraction of sp³-hybridized carbons (Fsp3) is 0.538. The SMILES string of the molecule is CCOC1C(N)CC1Oc1cccc(S(C)(=O)=O)c1. The highest BCUT2D eigenvalue weighted by molar-refractivity contribution is 7.90. The summed E-state index contributed by atoms with van der Waals surface area (Å²) in [6, 6.07) is 6.47. The Labute approximate surface area is 113 Å². The molecule has 1 aromatic carbocycles. The molecule has 19 heavy (non-hydrogen) atoms. The molecule has 1 aromatic rings. The first kappa shape index (κ1) is 14.3. The van der Waals surface area contributed by atoms with Crippen LogP contribution in [0.2, 0.25) is 0 Å². The largest absolute Gasteiger partial charge is 0.488 e. The van der Waals surface area contributed by atoms with E-state index in [9.17, 15) is 8.42 Å². The van der Waals surface area contributed by atoms with E-state index in [4.69, 9.17) is 15.2 Å². The number of hydrogen-bond donors (Lipinski definition) is 1. The van der Waals surface area contributed by atoms with Gasteiger partial charge in [0.1, 0.15) is 18.0 Å². The van der Waals surface area contributed by atoms with E-state index >= 15 is 0 Å². The van der Waals surface area contributed by atoms with Gasteiger partial charge in [0.25, 0.3) is 0 Å². The topological polar surface area (TPSA) is 78.6 Å². The van der Waals surface area contributed by atoms with Crippen LogP contribution in [0, 0.1) is 0 Å². The molecule has 0 saturated heterocycles. The second-order valence-corrected chi connectivity index (χ2v) is 6.74. The minimum Gasteiger partial charge on any atom is -0.488 e. The van der Waals surface area contributed by atoms with Gasteiger partial charge in [-0.05, 0) is 25.1 Å². The van der Waals surface area contributed by atoms with Crippen LogP contribution in [0.1, 0.15) is 13.3 Å². The van der Waals surface area contributed by atoms with Crippen molar-refractivity contribution >= 4 is 9.84 Å². The maximum absolute atomic E-state index is 11.5. The van der Waals surface area contributed by atoms with E-state index in [1.165, 1.54) is 12.3 Å². The van der Waals surface area contributed by atoms with Crippen molar-refractivity contribution in [2.24, 2.45) is 5.73 Å². The average Bonchev–Trinajstić information content (AvgIpc) is 2.35. The molecule has 1 aliphatic carbocycles. The number of hydrogen-bond acceptors (Lipinski definition) is 5. The normalized spacial score (nSPS) is 26.8. The smallest absolute Gasteiger partial charge is 0.175 e. The Kier molecular flexibility index (Phi) is 4.13. The zero-order valence-electron chi connectivity index (χ0n) is 11.1. The van der Waals surface area contributed by atoms with E-state index in [0.717, 1.165) is 0 Å². The fourth-order valence-corrected chi connectivity index (χ4v) is 2.76. The van der Waals surface area contributed by atoms with E-state index in [0.29, 0.717) is 18.8 Å². The van der Waals surface area contributed by atoms with Crippen molar-refractivity contribution in [2.45, 2.75) is 36.5 Å². The van der Waals surface area contributed by atoms with Crippen LogP contribution in [0.4, 0.5) is 0 Å². The van der Waals surface area contributed by atoms with Crippen molar-refractivity contribution < 1.29 is 17.9 Å². The number of rotatable bonds is 5. The lowest BCUT2D eigenvalue weighted by Gasteiger charge is -2.41. The van der Waals surface area contributed by atoms with Crippen molar-refractivity contribution in [2.75, 3.05) is 12.9 Å². The number of ether oxygens (including phenoxy) is 2. The second kappa shape index (κ2) is 5.48. The summed E-state index contributed by atoms with van der Waals surface area (Å²) in [6.07, 6.45) is 1.67. The summed E-state index contributed by atoms with van der Waals surface area (Å²) < 4.78 is 34.2. The molecule has 0 heterocycles. The quantitative estimate of drug-likeness (QED) is 0.872. The molecular formula is C13H19NO4S. The lowest BCUT2D eigenvalue weighted by molar-refractivity contribution is -0.0946. The van der Waals surface area contributed by atoms with Crippen LogP contribution in [-0.4, -0.2) is 39.5 Å². The van der Waals surface area contributed by atoms with Gasteiger partial charge in [0.05, 0.1) is 4.90 Å². The zero-order valence-corrected chi connectivity index (χ0v) is 11.9. The van der Waals surface area contributed by atoms with Crippen LogP contribution in [0.25, 0.3) is 0 Å². The van der Waals surface area contributed by atoms with E-state index in [1.807, 2.05) is 6.92 Å². The maximum Gasteiger partial charge on any atom is 0.175 e. The zero-order chi connectivity index (χ0) is 14.0. The van der Waals surface area contributed by atoms with Crippen LogP contribution in [0.15, 0.2) is 29.2 Å². The monoisotopic (exact) mass is 285 g/mol. The molecule has 0 bridgehead atoms. The summed E-state index contributed by atoms with van der Waals surface area (Å²) in [5.41, 5.74) is 5.85.